The number of hydrogen-bond acceptors (Lipinski definition) is 3. The highest BCUT2D eigenvalue weighted by Crippen LogP contribution is 2.24. The van der Waals surface area contributed by atoms with E-state index in [4.69, 9.17) is 4.42 Å². The summed E-state index contributed by atoms with van der Waals surface area (Å²) in [4.78, 5) is 0. The first-order chi connectivity index (χ1) is 6.95. The molecule has 1 aliphatic heterocycles. The minimum Gasteiger partial charge on any atom is -0.468 e. The average Bonchev–Trinajstić information content (AvgIpc) is 2.72. The van der Waals surface area contributed by atoms with Gasteiger partial charge in [0.15, 0.2) is 0 Å². The molecule has 0 amide bonds. The third kappa shape index (κ3) is 3.07. The van der Waals surface area contributed by atoms with E-state index < -0.39 is 0 Å². The van der Waals surface area contributed by atoms with Crippen LogP contribution >= 0.6 is 11.8 Å². The molecule has 0 aliphatic carbocycles. The molecule has 0 aromatic carbocycles. The van der Waals surface area contributed by atoms with Gasteiger partial charge in [0.05, 0.1) is 12.8 Å². The Hall–Kier alpha value is -0.410. The highest BCUT2D eigenvalue weighted by molar-refractivity contribution is 7.99. The summed E-state index contributed by atoms with van der Waals surface area (Å²) in [5.74, 6) is 2.37. The van der Waals surface area contributed by atoms with E-state index in [1.165, 1.54) is 25.0 Å². The van der Waals surface area contributed by atoms with Crippen molar-refractivity contribution in [2.45, 2.75) is 31.1 Å². The van der Waals surface area contributed by atoms with E-state index in [-0.39, 0.29) is 0 Å². The molecule has 1 unspecified atom stereocenters. The molecule has 0 radical (unpaired) electrons. The van der Waals surface area contributed by atoms with Crippen molar-refractivity contribution < 1.29 is 4.42 Å². The molecule has 14 heavy (non-hydrogen) atoms. The lowest BCUT2D eigenvalue weighted by molar-refractivity contribution is 0.478. The summed E-state index contributed by atoms with van der Waals surface area (Å²) >= 11 is 2.11. The Morgan fingerprint density at radius 2 is 2.50 bits per heavy atom. The van der Waals surface area contributed by atoms with Gasteiger partial charge in [0, 0.05) is 11.8 Å². The topological polar surface area (TPSA) is 25.2 Å². The first-order valence-corrected chi connectivity index (χ1v) is 6.35. The average molecular weight is 211 g/mol. The fraction of sp³-hybridized carbons (Fsp3) is 0.636. The SMILES string of the molecule is c1coc(CNCC2CCCCS2)c1. The molecule has 2 nitrogen and oxygen atoms in total. The molecule has 0 saturated carbocycles. The Bertz CT molecular complexity index is 242. The van der Waals surface area contributed by atoms with Gasteiger partial charge in [-0.25, -0.2) is 0 Å². The van der Waals surface area contributed by atoms with Crippen LogP contribution in [-0.2, 0) is 6.54 Å². The number of nitrogens with one attached hydrogen (secondary N) is 1. The van der Waals surface area contributed by atoms with Crippen molar-refractivity contribution in [3.63, 3.8) is 0 Å². The van der Waals surface area contributed by atoms with Crippen LogP contribution in [0.5, 0.6) is 0 Å². The summed E-state index contributed by atoms with van der Waals surface area (Å²) in [5, 5.41) is 4.26. The number of hydrogen-bond donors (Lipinski definition) is 1. The first kappa shape index (κ1) is 10.1. The van der Waals surface area contributed by atoms with Crippen molar-refractivity contribution in [1.29, 1.82) is 0 Å². The predicted molar refractivity (Wildman–Crippen MR) is 60.5 cm³/mol. The van der Waals surface area contributed by atoms with E-state index in [2.05, 4.69) is 17.1 Å². The molecule has 78 valence electrons. The van der Waals surface area contributed by atoms with Crippen LogP contribution in [0.3, 0.4) is 0 Å². The van der Waals surface area contributed by atoms with E-state index in [1.807, 2.05) is 12.1 Å². The molecule has 1 aliphatic rings. The monoisotopic (exact) mass is 211 g/mol. The maximum Gasteiger partial charge on any atom is 0.117 e. The van der Waals surface area contributed by atoms with Gasteiger partial charge in [0.2, 0.25) is 0 Å². The molecule has 1 saturated heterocycles. The van der Waals surface area contributed by atoms with Gasteiger partial charge >= 0.3 is 0 Å². The highest BCUT2D eigenvalue weighted by Gasteiger charge is 2.12. The Balaban J connectivity index is 1.62. The van der Waals surface area contributed by atoms with Crippen molar-refractivity contribution in [3.8, 4) is 0 Å². The summed E-state index contributed by atoms with van der Waals surface area (Å²) in [5.41, 5.74) is 0. The number of furan rings is 1. The van der Waals surface area contributed by atoms with Crippen LogP contribution in [-0.4, -0.2) is 17.5 Å². The second-order valence-electron chi connectivity index (χ2n) is 3.70. The summed E-state index contributed by atoms with van der Waals surface area (Å²) in [7, 11) is 0. The fourth-order valence-electron chi connectivity index (χ4n) is 1.74. The van der Waals surface area contributed by atoms with E-state index in [0.717, 1.165) is 24.1 Å². The van der Waals surface area contributed by atoms with E-state index in [0.29, 0.717) is 0 Å². The molecule has 0 spiro atoms. The second kappa shape index (κ2) is 5.47. The van der Waals surface area contributed by atoms with Crippen LogP contribution in [0, 0.1) is 0 Å². The maximum atomic E-state index is 5.25. The van der Waals surface area contributed by atoms with E-state index >= 15 is 0 Å². The lowest BCUT2D eigenvalue weighted by Crippen LogP contribution is -2.26. The number of thioether (sulfide) groups is 1. The van der Waals surface area contributed by atoms with Crippen molar-refractivity contribution >= 4 is 11.8 Å². The zero-order chi connectivity index (χ0) is 9.64. The Kier molecular flexibility index (Phi) is 3.95. The first-order valence-electron chi connectivity index (χ1n) is 5.30. The molecule has 2 rings (SSSR count). The lowest BCUT2D eigenvalue weighted by atomic mass is 10.2. The molecule has 3 heteroatoms. The van der Waals surface area contributed by atoms with Crippen LogP contribution in [0.15, 0.2) is 22.8 Å². The van der Waals surface area contributed by atoms with Crippen LogP contribution in [0.25, 0.3) is 0 Å². The molecule has 0 bridgehead atoms. The molecule has 1 atom stereocenters. The van der Waals surface area contributed by atoms with E-state index in [9.17, 15) is 0 Å². The molecular weight excluding hydrogens is 194 g/mol. The number of rotatable bonds is 4. The minimum atomic E-state index is 0.818. The standard InChI is InChI=1S/C11H17NOS/c1-2-7-14-11(5-1)9-12-8-10-4-3-6-13-10/h3-4,6,11-12H,1-2,5,7-9H2. The quantitative estimate of drug-likeness (QED) is 0.829. The van der Waals surface area contributed by atoms with Gasteiger partial charge in [-0.3, -0.25) is 0 Å². The van der Waals surface area contributed by atoms with Crippen molar-refractivity contribution in [2.75, 3.05) is 12.3 Å². The molecule has 1 N–H and O–H groups in total. The summed E-state index contributed by atoms with van der Waals surface area (Å²) in [6, 6.07) is 3.95. The second-order valence-corrected chi connectivity index (χ2v) is 5.11. The molecule has 1 aromatic rings. The van der Waals surface area contributed by atoms with Crippen LogP contribution in [0.2, 0.25) is 0 Å². The van der Waals surface area contributed by atoms with Gasteiger partial charge in [-0.2, -0.15) is 11.8 Å². The maximum absolute atomic E-state index is 5.25. The van der Waals surface area contributed by atoms with Crippen molar-refractivity contribution in [3.05, 3.63) is 24.2 Å². The van der Waals surface area contributed by atoms with Crippen LogP contribution < -0.4 is 5.32 Å². The predicted octanol–water partition coefficient (Wildman–Crippen LogP) is 2.65. The third-order valence-electron chi connectivity index (χ3n) is 2.53. The molecule has 1 fully saturated rings. The third-order valence-corrected chi connectivity index (χ3v) is 3.92. The van der Waals surface area contributed by atoms with Gasteiger partial charge in [-0.1, -0.05) is 6.42 Å². The largest absolute Gasteiger partial charge is 0.468 e. The summed E-state index contributed by atoms with van der Waals surface area (Å²) in [6.07, 6.45) is 5.90. The Morgan fingerprint density at radius 3 is 3.21 bits per heavy atom. The van der Waals surface area contributed by atoms with Gasteiger partial charge in [0.1, 0.15) is 5.76 Å². The van der Waals surface area contributed by atoms with Gasteiger partial charge in [-0.15, -0.1) is 0 Å². The lowest BCUT2D eigenvalue weighted by Gasteiger charge is -2.21. The molecule has 2 heterocycles. The van der Waals surface area contributed by atoms with Gasteiger partial charge < -0.3 is 9.73 Å². The normalized spacial score (nSPS) is 22.4. The van der Waals surface area contributed by atoms with E-state index in [1.54, 1.807) is 6.26 Å². The molecule has 1 aromatic heterocycles. The minimum absolute atomic E-state index is 0.818. The smallest absolute Gasteiger partial charge is 0.117 e. The van der Waals surface area contributed by atoms with Gasteiger partial charge in [-0.05, 0) is 30.7 Å². The molecular formula is C11H17NOS. The summed E-state index contributed by atoms with van der Waals surface area (Å²) < 4.78 is 5.25. The van der Waals surface area contributed by atoms with Crippen molar-refractivity contribution in [2.24, 2.45) is 0 Å². The van der Waals surface area contributed by atoms with Crippen LogP contribution in [0.1, 0.15) is 25.0 Å². The Labute approximate surface area is 89.4 Å². The Morgan fingerprint density at radius 1 is 1.50 bits per heavy atom. The highest BCUT2D eigenvalue weighted by atomic mass is 32.2. The van der Waals surface area contributed by atoms with Crippen molar-refractivity contribution in [1.82, 2.24) is 5.32 Å². The zero-order valence-corrected chi connectivity index (χ0v) is 9.19. The fourth-order valence-corrected chi connectivity index (χ4v) is 3.01. The van der Waals surface area contributed by atoms with Gasteiger partial charge in [0.25, 0.3) is 0 Å². The zero-order valence-electron chi connectivity index (χ0n) is 8.37. The summed E-state index contributed by atoms with van der Waals surface area (Å²) in [6.45, 7) is 1.98. The van der Waals surface area contributed by atoms with Crippen LogP contribution in [0.4, 0.5) is 0 Å².